The van der Waals surface area contributed by atoms with Crippen LogP contribution in [0.3, 0.4) is 0 Å². The first kappa shape index (κ1) is 26.7. The first-order valence-corrected chi connectivity index (χ1v) is 16.8. The number of sulfonamides is 1. The predicted molar refractivity (Wildman–Crippen MR) is 167 cm³/mol. The summed E-state index contributed by atoms with van der Waals surface area (Å²) >= 11 is 1.81. The number of aryl methyl sites for hydroxylation is 1. The van der Waals surface area contributed by atoms with E-state index < -0.39 is 10.0 Å². The molecule has 3 aliphatic rings. The fourth-order valence-corrected chi connectivity index (χ4v) is 9.44. The molecule has 1 N–H and O–H groups in total. The van der Waals surface area contributed by atoms with Gasteiger partial charge in [-0.25, -0.2) is 8.42 Å². The molecule has 0 amide bonds. The molecule has 0 spiro atoms. The molecule has 1 fully saturated rings. The number of fused-ring (bicyclic) bond motifs is 3. The maximum Gasteiger partial charge on any atom is 0.243 e. The van der Waals surface area contributed by atoms with Crippen LogP contribution < -0.4 is 5.32 Å². The minimum Gasteiger partial charge on any atom is -0.377 e. The quantitative estimate of drug-likeness (QED) is 0.250. The average molecular weight is 582 g/mol. The maximum absolute atomic E-state index is 13.9. The zero-order valence-electron chi connectivity index (χ0n) is 23.2. The molecule has 3 atom stereocenters. The molecule has 3 heterocycles. The molecule has 3 aromatic carbocycles. The second-order valence-electron chi connectivity index (χ2n) is 11.4. The van der Waals surface area contributed by atoms with Crippen LogP contribution >= 0.6 is 11.3 Å². The van der Waals surface area contributed by atoms with E-state index in [1.807, 2.05) is 35.6 Å². The smallest absolute Gasteiger partial charge is 0.243 e. The van der Waals surface area contributed by atoms with Crippen molar-refractivity contribution >= 4 is 27.0 Å². The minimum absolute atomic E-state index is 0.100. The van der Waals surface area contributed by atoms with Gasteiger partial charge in [-0.3, -0.25) is 4.90 Å². The van der Waals surface area contributed by atoms with E-state index in [1.165, 1.54) is 21.6 Å². The van der Waals surface area contributed by atoms with Crippen LogP contribution in [0, 0.1) is 12.8 Å². The van der Waals surface area contributed by atoms with Crippen LogP contribution in [0.2, 0.25) is 0 Å². The Balaban J connectivity index is 1.12. The Kier molecular flexibility index (Phi) is 7.07. The third kappa shape index (κ3) is 4.85. The molecule has 1 aromatic heterocycles. The number of thiophene rings is 1. The maximum atomic E-state index is 13.9. The molecule has 5 nitrogen and oxygen atoms in total. The molecule has 1 saturated heterocycles. The molecule has 210 valence electrons. The van der Waals surface area contributed by atoms with Gasteiger partial charge in [-0.1, -0.05) is 72.8 Å². The van der Waals surface area contributed by atoms with Crippen LogP contribution in [0.5, 0.6) is 0 Å². The molecule has 0 saturated carbocycles. The third-order valence-electron chi connectivity index (χ3n) is 9.03. The van der Waals surface area contributed by atoms with Gasteiger partial charge in [0.15, 0.2) is 0 Å². The highest BCUT2D eigenvalue weighted by molar-refractivity contribution is 7.89. The normalized spacial score (nSPS) is 22.8. The van der Waals surface area contributed by atoms with E-state index in [0.29, 0.717) is 37.0 Å². The Bertz CT molecular complexity index is 1620. The van der Waals surface area contributed by atoms with Crippen molar-refractivity contribution in [1.29, 1.82) is 0 Å². The summed E-state index contributed by atoms with van der Waals surface area (Å²) < 4.78 is 29.6. The van der Waals surface area contributed by atoms with Gasteiger partial charge in [-0.2, -0.15) is 4.31 Å². The van der Waals surface area contributed by atoms with Crippen molar-refractivity contribution in [3.63, 3.8) is 0 Å². The van der Waals surface area contributed by atoms with E-state index in [0.717, 1.165) is 17.7 Å². The van der Waals surface area contributed by atoms with Gasteiger partial charge in [-0.15, -0.1) is 11.3 Å². The molecule has 1 aliphatic carbocycles. The Morgan fingerprint density at radius 3 is 2.20 bits per heavy atom. The van der Waals surface area contributed by atoms with Crippen molar-refractivity contribution in [2.45, 2.75) is 36.2 Å². The molecular formula is C34H35N3O2S2. The van der Waals surface area contributed by atoms with Crippen molar-refractivity contribution in [2.24, 2.45) is 5.92 Å². The summed E-state index contributed by atoms with van der Waals surface area (Å²) in [6.07, 6.45) is 5.54. The predicted octanol–water partition coefficient (Wildman–Crippen LogP) is 6.98. The second kappa shape index (κ2) is 10.9. The lowest BCUT2D eigenvalue weighted by Crippen LogP contribution is -2.49. The Morgan fingerprint density at radius 2 is 1.56 bits per heavy atom. The lowest BCUT2D eigenvalue weighted by atomic mass is 9.78. The molecule has 41 heavy (non-hydrogen) atoms. The zero-order chi connectivity index (χ0) is 28.0. The topological polar surface area (TPSA) is 52.7 Å². The van der Waals surface area contributed by atoms with E-state index in [1.54, 1.807) is 10.4 Å². The summed E-state index contributed by atoms with van der Waals surface area (Å²) in [6, 6.07) is 29.3. The number of rotatable bonds is 6. The fraction of sp³-hybridized carbons (Fsp3) is 0.294. The van der Waals surface area contributed by atoms with E-state index >= 15 is 0 Å². The Labute approximate surface area is 247 Å². The third-order valence-corrected chi connectivity index (χ3v) is 12.0. The first-order valence-electron chi connectivity index (χ1n) is 14.5. The fourth-order valence-electron chi connectivity index (χ4n) is 6.93. The van der Waals surface area contributed by atoms with Crippen LogP contribution in [0.1, 0.15) is 51.6 Å². The highest BCUT2D eigenvalue weighted by Crippen LogP contribution is 2.51. The van der Waals surface area contributed by atoms with Crippen LogP contribution in [-0.2, 0) is 10.0 Å². The summed E-state index contributed by atoms with van der Waals surface area (Å²) in [4.78, 5) is 4.20. The molecular weight excluding hydrogens is 547 g/mol. The largest absolute Gasteiger partial charge is 0.377 e. The number of nitrogens with zero attached hydrogens (tertiary/aromatic N) is 2. The highest BCUT2D eigenvalue weighted by atomic mass is 32.2. The van der Waals surface area contributed by atoms with Crippen molar-refractivity contribution in [1.82, 2.24) is 9.21 Å². The van der Waals surface area contributed by atoms with Crippen molar-refractivity contribution in [2.75, 3.05) is 31.5 Å². The minimum atomic E-state index is -3.61. The average Bonchev–Trinajstić information content (AvgIpc) is 3.68. The van der Waals surface area contributed by atoms with Crippen LogP contribution in [0.25, 0.3) is 0 Å². The summed E-state index contributed by atoms with van der Waals surface area (Å²) in [5, 5.41) is 5.94. The number of nitrogens with one attached hydrogen (secondary N) is 1. The molecule has 4 aromatic rings. The standard InChI is InChI=1S/C34H35N3O2S2/c1-24-17-22-40-34(24)32-29-14-8-13-28(29)30-23-27(15-16-31(30)35-32)41(38,39)37-20-18-36(19-21-37)33(25-9-4-2-5-10-25)26-11-6-3-7-12-26/h2-13,15-17,22-23,28-29,32-33,35H,14,18-21H2,1H3. The van der Waals surface area contributed by atoms with Crippen molar-refractivity contribution < 1.29 is 8.42 Å². The van der Waals surface area contributed by atoms with Gasteiger partial charge in [0.05, 0.1) is 17.0 Å². The van der Waals surface area contributed by atoms with E-state index in [9.17, 15) is 8.42 Å². The summed E-state index contributed by atoms with van der Waals surface area (Å²) in [5.41, 5.74) is 5.93. The number of anilines is 1. The van der Waals surface area contributed by atoms with Gasteiger partial charge in [0, 0.05) is 42.7 Å². The Hall–Kier alpha value is -3.23. The van der Waals surface area contributed by atoms with Crippen LogP contribution in [0.15, 0.2) is 107 Å². The number of piperazine rings is 1. The van der Waals surface area contributed by atoms with E-state index in [4.69, 9.17) is 0 Å². The molecule has 7 rings (SSSR count). The number of hydrogen-bond donors (Lipinski definition) is 1. The van der Waals surface area contributed by atoms with Gasteiger partial charge < -0.3 is 5.32 Å². The monoisotopic (exact) mass is 581 g/mol. The lowest BCUT2D eigenvalue weighted by Gasteiger charge is -2.39. The van der Waals surface area contributed by atoms with Crippen LogP contribution in [-0.4, -0.2) is 43.8 Å². The van der Waals surface area contributed by atoms with Crippen LogP contribution in [0.4, 0.5) is 5.69 Å². The molecule has 0 bridgehead atoms. The van der Waals surface area contributed by atoms with Crippen molar-refractivity contribution in [3.05, 3.63) is 130 Å². The number of allylic oxidation sites excluding steroid dienone is 2. The van der Waals surface area contributed by atoms with E-state index in [2.05, 4.69) is 89.3 Å². The molecule has 0 radical (unpaired) electrons. The first-order chi connectivity index (χ1) is 20.0. The highest BCUT2D eigenvalue weighted by Gasteiger charge is 2.40. The van der Waals surface area contributed by atoms with Crippen molar-refractivity contribution in [3.8, 4) is 0 Å². The van der Waals surface area contributed by atoms with E-state index in [-0.39, 0.29) is 18.0 Å². The van der Waals surface area contributed by atoms with Gasteiger partial charge in [0.2, 0.25) is 10.0 Å². The van der Waals surface area contributed by atoms with Gasteiger partial charge in [-0.05, 0) is 71.2 Å². The zero-order valence-corrected chi connectivity index (χ0v) is 24.8. The molecule has 7 heteroatoms. The summed E-state index contributed by atoms with van der Waals surface area (Å²) in [7, 11) is -3.61. The summed E-state index contributed by atoms with van der Waals surface area (Å²) in [6.45, 7) is 4.47. The number of benzene rings is 3. The molecule has 2 aliphatic heterocycles. The number of hydrogen-bond acceptors (Lipinski definition) is 5. The SMILES string of the molecule is Cc1ccsc1C1Nc2ccc(S(=O)(=O)N3CCN(C(c4ccccc4)c4ccccc4)CC3)cc2C2C=CCC21. The van der Waals surface area contributed by atoms with Gasteiger partial charge >= 0.3 is 0 Å². The summed E-state index contributed by atoms with van der Waals surface area (Å²) in [5.74, 6) is 0.622. The van der Waals surface area contributed by atoms with Gasteiger partial charge in [0.25, 0.3) is 0 Å². The van der Waals surface area contributed by atoms with Gasteiger partial charge in [0.1, 0.15) is 0 Å². The lowest BCUT2D eigenvalue weighted by molar-refractivity contribution is 0.156. The molecule has 3 unspecified atom stereocenters. The Morgan fingerprint density at radius 1 is 0.878 bits per heavy atom. The second-order valence-corrected chi connectivity index (χ2v) is 14.2.